The van der Waals surface area contributed by atoms with Gasteiger partial charge < -0.3 is 10.1 Å². The van der Waals surface area contributed by atoms with Crippen molar-refractivity contribution in [3.8, 4) is 17.6 Å². The Hall–Kier alpha value is -3.91. The number of nitriles is 1. The fourth-order valence-electron chi connectivity index (χ4n) is 2.36. The van der Waals surface area contributed by atoms with E-state index in [1.807, 2.05) is 36.4 Å². The average Bonchev–Trinajstić information content (AvgIpc) is 2.69. The second kappa shape index (κ2) is 8.45. The molecule has 3 aromatic rings. The zero-order valence-corrected chi connectivity index (χ0v) is 14.2. The number of carbonyl (C=O) groups excluding carboxylic acids is 1. The number of ether oxygens (including phenoxy) is 1. The molecule has 0 bridgehead atoms. The molecule has 0 aliphatic carbocycles. The molecule has 0 fully saturated rings. The van der Waals surface area contributed by atoms with Crippen LogP contribution in [0.5, 0.6) is 11.5 Å². The predicted molar refractivity (Wildman–Crippen MR) is 102 cm³/mol. The Morgan fingerprint density at radius 1 is 0.963 bits per heavy atom. The van der Waals surface area contributed by atoms with Crippen LogP contribution in [0.4, 0.5) is 10.1 Å². The van der Waals surface area contributed by atoms with E-state index in [4.69, 9.17) is 4.74 Å². The van der Waals surface area contributed by atoms with Crippen molar-refractivity contribution in [1.29, 1.82) is 5.26 Å². The summed E-state index contributed by atoms with van der Waals surface area (Å²) < 4.78 is 19.4. The van der Waals surface area contributed by atoms with Gasteiger partial charge in [0, 0.05) is 0 Å². The Morgan fingerprint density at radius 3 is 2.41 bits per heavy atom. The van der Waals surface area contributed by atoms with E-state index in [2.05, 4.69) is 5.32 Å². The minimum absolute atomic E-state index is 0.0183. The van der Waals surface area contributed by atoms with E-state index in [0.29, 0.717) is 17.1 Å². The first-order valence-electron chi connectivity index (χ1n) is 8.16. The first-order valence-corrected chi connectivity index (χ1v) is 8.16. The van der Waals surface area contributed by atoms with E-state index >= 15 is 0 Å². The van der Waals surface area contributed by atoms with Crippen LogP contribution < -0.4 is 10.1 Å². The number of rotatable bonds is 5. The van der Waals surface area contributed by atoms with Gasteiger partial charge in [0.15, 0.2) is 0 Å². The van der Waals surface area contributed by atoms with Crippen LogP contribution in [0.15, 0.2) is 84.4 Å². The first-order chi connectivity index (χ1) is 13.2. The van der Waals surface area contributed by atoms with E-state index in [9.17, 15) is 14.4 Å². The maximum atomic E-state index is 13.7. The summed E-state index contributed by atoms with van der Waals surface area (Å²) in [5, 5.41) is 11.7. The van der Waals surface area contributed by atoms with Gasteiger partial charge >= 0.3 is 0 Å². The lowest BCUT2D eigenvalue weighted by atomic mass is 10.1. The second-order valence-electron chi connectivity index (χ2n) is 5.59. The summed E-state index contributed by atoms with van der Waals surface area (Å²) in [6.07, 6.45) is 1.42. The number of hydrogen-bond acceptors (Lipinski definition) is 3. The fraction of sp³-hybridized carbons (Fsp3) is 0. The number of carbonyl (C=O) groups is 1. The van der Waals surface area contributed by atoms with Crippen molar-refractivity contribution in [3.05, 3.63) is 95.8 Å². The van der Waals surface area contributed by atoms with Crippen molar-refractivity contribution in [3.63, 3.8) is 0 Å². The number of nitrogens with one attached hydrogen (secondary N) is 1. The average molecular weight is 358 g/mol. The van der Waals surface area contributed by atoms with Crippen LogP contribution >= 0.6 is 0 Å². The topological polar surface area (TPSA) is 62.1 Å². The lowest BCUT2D eigenvalue weighted by Gasteiger charge is -2.07. The van der Waals surface area contributed by atoms with E-state index in [-0.39, 0.29) is 11.3 Å². The van der Waals surface area contributed by atoms with Crippen molar-refractivity contribution >= 4 is 17.7 Å². The van der Waals surface area contributed by atoms with Crippen molar-refractivity contribution in [1.82, 2.24) is 0 Å². The summed E-state index contributed by atoms with van der Waals surface area (Å²) >= 11 is 0. The lowest BCUT2D eigenvalue weighted by Crippen LogP contribution is -2.14. The van der Waals surface area contributed by atoms with Gasteiger partial charge in [0.05, 0.1) is 5.69 Å². The largest absolute Gasteiger partial charge is 0.457 e. The van der Waals surface area contributed by atoms with E-state index in [1.54, 1.807) is 30.3 Å². The number of hydrogen-bond donors (Lipinski definition) is 1. The maximum absolute atomic E-state index is 13.7. The Balaban J connectivity index is 1.79. The van der Waals surface area contributed by atoms with E-state index < -0.39 is 11.7 Å². The van der Waals surface area contributed by atoms with Gasteiger partial charge in [0.25, 0.3) is 5.91 Å². The molecule has 0 spiro atoms. The molecule has 1 amide bonds. The summed E-state index contributed by atoms with van der Waals surface area (Å²) in [6, 6.07) is 23.9. The molecule has 3 rings (SSSR count). The van der Waals surface area contributed by atoms with Gasteiger partial charge in [-0.3, -0.25) is 4.79 Å². The van der Waals surface area contributed by atoms with Gasteiger partial charge in [-0.1, -0.05) is 42.5 Å². The summed E-state index contributed by atoms with van der Waals surface area (Å²) in [4.78, 5) is 12.3. The highest BCUT2D eigenvalue weighted by atomic mass is 19.1. The Morgan fingerprint density at radius 2 is 1.67 bits per heavy atom. The van der Waals surface area contributed by atoms with E-state index in [1.165, 1.54) is 24.3 Å². The van der Waals surface area contributed by atoms with Gasteiger partial charge in [0.2, 0.25) is 0 Å². The Labute approximate surface area is 156 Å². The van der Waals surface area contributed by atoms with Crippen LogP contribution in [-0.2, 0) is 4.79 Å². The van der Waals surface area contributed by atoms with Crippen LogP contribution in [0.3, 0.4) is 0 Å². The van der Waals surface area contributed by atoms with Crippen LogP contribution in [0.25, 0.3) is 6.08 Å². The molecule has 3 aromatic carbocycles. The molecule has 0 heterocycles. The number of anilines is 1. The smallest absolute Gasteiger partial charge is 0.266 e. The predicted octanol–water partition coefficient (Wildman–Crippen LogP) is 5.16. The lowest BCUT2D eigenvalue weighted by molar-refractivity contribution is -0.112. The summed E-state index contributed by atoms with van der Waals surface area (Å²) in [5.74, 6) is -0.00318. The molecular formula is C22H15FN2O2. The third-order valence-electron chi connectivity index (χ3n) is 3.64. The van der Waals surface area contributed by atoms with Crippen molar-refractivity contribution in [2.45, 2.75) is 0 Å². The molecule has 0 aromatic heterocycles. The van der Waals surface area contributed by atoms with Crippen LogP contribution in [-0.4, -0.2) is 5.91 Å². The molecule has 27 heavy (non-hydrogen) atoms. The van der Waals surface area contributed by atoms with Crippen molar-refractivity contribution < 1.29 is 13.9 Å². The van der Waals surface area contributed by atoms with Gasteiger partial charge in [-0.2, -0.15) is 5.26 Å². The third kappa shape index (κ3) is 4.80. The molecule has 0 atom stereocenters. The molecule has 5 heteroatoms. The minimum Gasteiger partial charge on any atom is -0.457 e. The normalized spacial score (nSPS) is 10.7. The third-order valence-corrected chi connectivity index (χ3v) is 3.64. The highest BCUT2D eigenvalue weighted by Crippen LogP contribution is 2.23. The van der Waals surface area contributed by atoms with Crippen LogP contribution in [0.2, 0.25) is 0 Å². The summed E-state index contributed by atoms with van der Waals surface area (Å²) in [7, 11) is 0. The zero-order chi connectivity index (χ0) is 19.1. The molecule has 4 nitrogen and oxygen atoms in total. The molecule has 132 valence electrons. The summed E-state index contributed by atoms with van der Waals surface area (Å²) in [6.45, 7) is 0. The molecule has 0 saturated heterocycles. The number of para-hydroxylation sites is 2. The SMILES string of the molecule is N#C/C(=C\c1cccc(Oc2ccccc2)c1)C(=O)Nc1ccccc1F. The zero-order valence-electron chi connectivity index (χ0n) is 14.2. The number of halogens is 1. The molecule has 0 saturated carbocycles. The monoisotopic (exact) mass is 358 g/mol. The summed E-state index contributed by atoms with van der Waals surface area (Å²) in [5.41, 5.74) is 0.489. The molecule has 0 aliphatic rings. The highest BCUT2D eigenvalue weighted by molar-refractivity contribution is 6.09. The van der Waals surface area contributed by atoms with Crippen molar-refractivity contribution in [2.75, 3.05) is 5.32 Å². The standard InChI is InChI=1S/C22H15FN2O2/c23-20-11-4-5-12-21(20)25-22(26)17(15-24)13-16-7-6-10-19(14-16)27-18-8-2-1-3-9-18/h1-14H,(H,25,26)/b17-13+. The van der Waals surface area contributed by atoms with Crippen molar-refractivity contribution in [2.24, 2.45) is 0 Å². The number of amides is 1. The van der Waals surface area contributed by atoms with Gasteiger partial charge in [-0.15, -0.1) is 0 Å². The Kier molecular flexibility index (Phi) is 5.60. The molecule has 0 radical (unpaired) electrons. The van der Waals surface area contributed by atoms with Gasteiger partial charge in [0.1, 0.15) is 29.0 Å². The Bertz CT molecular complexity index is 1020. The number of nitrogens with zero attached hydrogens (tertiary/aromatic N) is 1. The second-order valence-corrected chi connectivity index (χ2v) is 5.59. The fourth-order valence-corrected chi connectivity index (χ4v) is 2.36. The quantitative estimate of drug-likeness (QED) is 0.506. The number of benzene rings is 3. The minimum atomic E-state index is -0.683. The molecular weight excluding hydrogens is 343 g/mol. The maximum Gasteiger partial charge on any atom is 0.266 e. The van der Waals surface area contributed by atoms with E-state index in [0.717, 1.165) is 0 Å². The molecule has 0 unspecified atom stereocenters. The van der Waals surface area contributed by atoms with Crippen LogP contribution in [0.1, 0.15) is 5.56 Å². The van der Waals surface area contributed by atoms with Gasteiger partial charge in [-0.05, 0) is 48.0 Å². The molecule has 0 aliphatic heterocycles. The molecule has 1 N–H and O–H groups in total. The highest BCUT2D eigenvalue weighted by Gasteiger charge is 2.12. The first kappa shape index (κ1) is 17.9. The van der Waals surface area contributed by atoms with Gasteiger partial charge in [-0.25, -0.2) is 4.39 Å². The van der Waals surface area contributed by atoms with Crippen LogP contribution in [0, 0.1) is 17.1 Å².